The van der Waals surface area contributed by atoms with Crippen LogP contribution < -0.4 is 5.32 Å². The number of benzene rings is 2. The summed E-state index contributed by atoms with van der Waals surface area (Å²) in [7, 11) is -3.81. The van der Waals surface area contributed by atoms with Gasteiger partial charge < -0.3 is 14.4 Å². The predicted molar refractivity (Wildman–Crippen MR) is 145 cm³/mol. The Morgan fingerprint density at radius 3 is 2.18 bits per heavy atom. The second kappa shape index (κ2) is 12.4. The highest BCUT2D eigenvalue weighted by atomic mass is 32.2. The van der Waals surface area contributed by atoms with Crippen molar-refractivity contribution in [3.8, 4) is 11.3 Å². The van der Waals surface area contributed by atoms with Gasteiger partial charge in [-0.15, -0.1) is 0 Å². The molecule has 1 aliphatic heterocycles. The van der Waals surface area contributed by atoms with Gasteiger partial charge in [0.05, 0.1) is 23.8 Å². The van der Waals surface area contributed by atoms with Gasteiger partial charge in [-0.3, -0.25) is 10.1 Å². The van der Waals surface area contributed by atoms with E-state index in [4.69, 9.17) is 9.47 Å². The summed E-state index contributed by atoms with van der Waals surface area (Å²) >= 11 is 1.000. The molecule has 1 saturated heterocycles. The summed E-state index contributed by atoms with van der Waals surface area (Å²) in [4.78, 5) is 43.5. The minimum atomic E-state index is -3.81. The summed E-state index contributed by atoms with van der Waals surface area (Å²) in [6.07, 6.45) is -0.463. The van der Waals surface area contributed by atoms with E-state index in [0.29, 0.717) is 11.3 Å². The van der Waals surface area contributed by atoms with Crippen LogP contribution in [-0.4, -0.2) is 80.0 Å². The lowest BCUT2D eigenvalue weighted by molar-refractivity contribution is 0.0532. The van der Waals surface area contributed by atoms with Crippen LogP contribution in [0.15, 0.2) is 59.5 Å². The molecule has 2 amide bonds. The molecule has 0 bridgehead atoms. The molecular formula is C26H28N4O7S2. The summed E-state index contributed by atoms with van der Waals surface area (Å²) in [5.74, 6) is -1.04. The number of sulfonamides is 1. The van der Waals surface area contributed by atoms with Gasteiger partial charge in [0.25, 0.3) is 5.91 Å². The molecule has 0 spiro atoms. The Balaban J connectivity index is 1.46. The molecule has 13 heteroatoms. The van der Waals surface area contributed by atoms with Gasteiger partial charge >= 0.3 is 12.1 Å². The Bertz CT molecular complexity index is 1430. The van der Waals surface area contributed by atoms with Crippen molar-refractivity contribution in [2.24, 2.45) is 0 Å². The lowest BCUT2D eigenvalue weighted by Crippen LogP contribution is -2.50. The fourth-order valence-electron chi connectivity index (χ4n) is 3.92. The van der Waals surface area contributed by atoms with Gasteiger partial charge in [0, 0.05) is 37.3 Å². The SMILES string of the molecule is CCOC(=O)c1sc(NC(=O)c2ccc(S(=O)(=O)N3CCN(C(=O)OCC)CC3)cc2)nc1-c1ccccc1. The van der Waals surface area contributed by atoms with Gasteiger partial charge in [-0.1, -0.05) is 41.7 Å². The number of piperazine rings is 1. The number of ether oxygens (including phenoxy) is 2. The molecule has 1 N–H and O–H groups in total. The minimum Gasteiger partial charge on any atom is -0.462 e. The number of amides is 2. The smallest absolute Gasteiger partial charge is 0.409 e. The van der Waals surface area contributed by atoms with Crippen molar-refractivity contribution in [1.29, 1.82) is 0 Å². The van der Waals surface area contributed by atoms with E-state index >= 15 is 0 Å². The van der Waals surface area contributed by atoms with E-state index in [2.05, 4.69) is 10.3 Å². The van der Waals surface area contributed by atoms with Crippen molar-refractivity contribution in [3.63, 3.8) is 0 Å². The largest absolute Gasteiger partial charge is 0.462 e. The molecule has 2 aromatic carbocycles. The Hall–Kier alpha value is -3.81. The van der Waals surface area contributed by atoms with Gasteiger partial charge in [-0.25, -0.2) is 23.0 Å². The first-order valence-electron chi connectivity index (χ1n) is 12.3. The maximum atomic E-state index is 13.1. The summed E-state index contributed by atoms with van der Waals surface area (Å²) in [5.41, 5.74) is 1.32. The third kappa shape index (κ3) is 6.44. The molecule has 11 nitrogen and oxygen atoms in total. The fraction of sp³-hybridized carbons (Fsp3) is 0.308. The molecule has 206 valence electrons. The summed E-state index contributed by atoms with van der Waals surface area (Å²) < 4.78 is 37.6. The Morgan fingerprint density at radius 2 is 1.56 bits per heavy atom. The van der Waals surface area contributed by atoms with Crippen LogP contribution in [0.5, 0.6) is 0 Å². The number of aromatic nitrogens is 1. The van der Waals surface area contributed by atoms with E-state index < -0.39 is 28.0 Å². The molecule has 0 unspecified atom stereocenters. The zero-order chi connectivity index (χ0) is 28.0. The highest BCUT2D eigenvalue weighted by Crippen LogP contribution is 2.32. The molecule has 0 aliphatic carbocycles. The maximum Gasteiger partial charge on any atom is 0.409 e. The first-order chi connectivity index (χ1) is 18.7. The Labute approximate surface area is 230 Å². The molecule has 1 aromatic heterocycles. The van der Waals surface area contributed by atoms with Crippen LogP contribution in [-0.2, 0) is 19.5 Å². The summed E-state index contributed by atoms with van der Waals surface area (Å²) in [6.45, 7) is 4.60. The zero-order valence-electron chi connectivity index (χ0n) is 21.5. The quantitative estimate of drug-likeness (QED) is 0.404. The average Bonchev–Trinajstić information content (AvgIpc) is 3.38. The number of anilines is 1. The van der Waals surface area contributed by atoms with Crippen molar-refractivity contribution in [1.82, 2.24) is 14.2 Å². The van der Waals surface area contributed by atoms with Crippen LogP contribution >= 0.6 is 11.3 Å². The topological polar surface area (TPSA) is 135 Å². The number of nitrogens with zero attached hydrogens (tertiary/aromatic N) is 3. The van der Waals surface area contributed by atoms with Crippen LogP contribution in [0.25, 0.3) is 11.3 Å². The van der Waals surface area contributed by atoms with Crippen LogP contribution in [0.4, 0.5) is 9.93 Å². The predicted octanol–water partition coefficient (Wildman–Crippen LogP) is 3.70. The molecule has 39 heavy (non-hydrogen) atoms. The standard InChI is InChI=1S/C26H28N4O7S2/c1-3-36-24(32)22-21(18-8-6-5-7-9-18)27-25(38-22)28-23(31)19-10-12-20(13-11-19)39(34,35)30-16-14-29(15-17-30)26(33)37-4-2/h5-13H,3-4,14-17H2,1-2H3,(H,27,28,31). The van der Waals surface area contributed by atoms with Gasteiger partial charge in [0.2, 0.25) is 10.0 Å². The van der Waals surface area contributed by atoms with E-state index in [1.54, 1.807) is 26.0 Å². The van der Waals surface area contributed by atoms with E-state index in [-0.39, 0.29) is 59.9 Å². The van der Waals surface area contributed by atoms with Gasteiger partial charge in [0.1, 0.15) is 4.88 Å². The Kier molecular flexibility index (Phi) is 8.94. The van der Waals surface area contributed by atoms with Gasteiger partial charge in [-0.2, -0.15) is 4.31 Å². The maximum absolute atomic E-state index is 13.1. The van der Waals surface area contributed by atoms with E-state index in [1.165, 1.54) is 33.5 Å². The first-order valence-corrected chi connectivity index (χ1v) is 14.6. The second-order valence-corrected chi connectivity index (χ2v) is 11.3. The molecule has 1 fully saturated rings. The number of hydrogen-bond donors (Lipinski definition) is 1. The molecule has 2 heterocycles. The third-order valence-electron chi connectivity index (χ3n) is 5.87. The Morgan fingerprint density at radius 1 is 0.923 bits per heavy atom. The van der Waals surface area contributed by atoms with Crippen LogP contribution in [0.2, 0.25) is 0 Å². The zero-order valence-corrected chi connectivity index (χ0v) is 23.1. The van der Waals surface area contributed by atoms with E-state index in [1.807, 2.05) is 18.2 Å². The molecule has 3 aromatic rings. The number of esters is 1. The van der Waals surface area contributed by atoms with E-state index in [0.717, 1.165) is 11.3 Å². The molecule has 4 rings (SSSR count). The lowest BCUT2D eigenvalue weighted by atomic mass is 10.1. The average molecular weight is 573 g/mol. The number of carbonyl (C=O) groups excluding carboxylic acids is 3. The van der Waals surface area contributed by atoms with Gasteiger partial charge in [-0.05, 0) is 38.1 Å². The number of carbonyl (C=O) groups is 3. The molecule has 0 saturated carbocycles. The first kappa shape index (κ1) is 28.2. The second-order valence-electron chi connectivity index (χ2n) is 8.35. The van der Waals surface area contributed by atoms with Gasteiger partial charge in [0.15, 0.2) is 5.13 Å². The number of nitrogens with one attached hydrogen (secondary N) is 1. The number of thiazole rings is 1. The highest BCUT2D eigenvalue weighted by molar-refractivity contribution is 7.89. The van der Waals surface area contributed by atoms with Crippen LogP contribution in [0.1, 0.15) is 33.9 Å². The van der Waals surface area contributed by atoms with Crippen molar-refractivity contribution in [3.05, 3.63) is 65.0 Å². The molecule has 0 radical (unpaired) electrons. The van der Waals surface area contributed by atoms with Crippen molar-refractivity contribution < 1.29 is 32.3 Å². The molecule has 1 aliphatic rings. The van der Waals surface area contributed by atoms with Crippen molar-refractivity contribution in [2.75, 3.05) is 44.7 Å². The fourth-order valence-corrected chi connectivity index (χ4v) is 6.22. The lowest BCUT2D eigenvalue weighted by Gasteiger charge is -2.33. The summed E-state index contributed by atoms with van der Waals surface area (Å²) in [5, 5.41) is 2.89. The molecular weight excluding hydrogens is 544 g/mol. The number of hydrogen-bond acceptors (Lipinski definition) is 9. The monoisotopic (exact) mass is 572 g/mol. The van der Waals surface area contributed by atoms with Crippen LogP contribution in [0, 0.1) is 0 Å². The van der Waals surface area contributed by atoms with Crippen LogP contribution in [0.3, 0.4) is 0 Å². The van der Waals surface area contributed by atoms with E-state index in [9.17, 15) is 22.8 Å². The highest BCUT2D eigenvalue weighted by Gasteiger charge is 2.31. The third-order valence-corrected chi connectivity index (χ3v) is 8.74. The number of rotatable bonds is 8. The van der Waals surface area contributed by atoms with Crippen molar-refractivity contribution in [2.45, 2.75) is 18.7 Å². The minimum absolute atomic E-state index is 0.0360. The van der Waals surface area contributed by atoms with Crippen molar-refractivity contribution >= 4 is 44.5 Å². The summed E-state index contributed by atoms with van der Waals surface area (Å²) in [6, 6.07) is 14.6. The normalized spacial score (nSPS) is 14.1. The molecule has 0 atom stereocenters.